The molecular weight excluding hydrogens is 294 g/mol. The van der Waals surface area contributed by atoms with Gasteiger partial charge in [-0.25, -0.2) is 8.42 Å². The highest BCUT2D eigenvalue weighted by molar-refractivity contribution is 7.89. The van der Waals surface area contributed by atoms with Gasteiger partial charge in [0.15, 0.2) is 0 Å². The summed E-state index contributed by atoms with van der Waals surface area (Å²) in [5, 5.41) is 16.2. The Balaban J connectivity index is 2.56. The first-order chi connectivity index (χ1) is 9.77. The van der Waals surface area contributed by atoms with E-state index in [0.717, 1.165) is 4.31 Å². The minimum Gasteiger partial charge on any atom is -0.480 e. The van der Waals surface area contributed by atoms with Crippen LogP contribution in [0.5, 0.6) is 0 Å². The van der Waals surface area contributed by atoms with Crippen LogP contribution < -0.4 is 0 Å². The van der Waals surface area contributed by atoms with Gasteiger partial charge in [0, 0.05) is 6.54 Å². The molecule has 2 heterocycles. The quantitative estimate of drug-likeness (QED) is 0.855. The number of nitrogens with zero attached hydrogens (tertiary/aromatic N) is 2. The van der Waals surface area contributed by atoms with Crippen molar-refractivity contribution in [2.45, 2.75) is 56.9 Å². The van der Waals surface area contributed by atoms with Crippen LogP contribution in [0.2, 0.25) is 0 Å². The smallest absolute Gasteiger partial charge is 0.325 e. The van der Waals surface area contributed by atoms with E-state index in [0.29, 0.717) is 37.1 Å². The Morgan fingerprint density at radius 1 is 1.48 bits per heavy atom. The van der Waals surface area contributed by atoms with Crippen molar-refractivity contribution < 1.29 is 18.3 Å². The fraction of sp³-hybridized carbons (Fsp3) is 0.692. The lowest BCUT2D eigenvalue weighted by Crippen LogP contribution is -2.53. The summed E-state index contributed by atoms with van der Waals surface area (Å²) in [6.07, 6.45) is 1.84. The van der Waals surface area contributed by atoms with E-state index in [-0.39, 0.29) is 11.4 Å². The zero-order chi connectivity index (χ0) is 15.8. The standard InChI is InChI=1S/C13H21N3O4S/c1-4-6-13(12(17)18)7-5-8-16(13)21(19,20)11-9(2)14-15-10(11)3/h4-8H2,1-3H3,(H,14,15)(H,17,18). The Kier molecular flexibility index (Phi) is 4.12. The molecule has 1 aliphatic heterocycles. The van der Waals surface area contributed by atoms with Gasteiger partial charge >= 0.3 is 5.97 Å². The second kappa shape index (κ2) is 5.42. The molecule has 1 aromatic heterocycles. The van der Waals surface area contributed by atoms with Crippen molar-refractivity contribution in [2.24, 2.45) is 0 Å². The molecule has 1 atom stereocenters. The predicted molar refractivity (Wildman–Crippen MR) is 76.5 cm³/mol. The molecule has 21 heavy (non-hydrogen) atoms. The molecular formula is C13H21N3O4S. The summed E-state index contributed by atoms with van der Waals surface area (Å²) in [5.41, 5.74) is -0.519. The summed E-state index contributed by atoms with van der Waals surface area (Å²) < 4.78 is 27.0. The molecule has 0 radical (unpaired) electrons. The molecule has 1 aromatic rings. The van der Waals surface area contributed by atoms with Gasteiger partial charge in [0.05, 0.1) is 11.4 Å². The van der Waals surface area contributed by atoms with E-state index < -0.39 is 21.5 Å². The van der Waals surface area contributed by atoms with Gasteiger partial charge in [0.2, 0.25) is 10.0 Å². The number of hydrogen-bond donors (Lipinski definition) is 2. The summed E-state index contributed by atoms with van der Waals surface area (Å²) >= 11 is 0. The molecule has 2 rings (SSSR count). The van der Waals surface area contributed by atoms with Gasteiger partial charge in [-0.2, -0.15) is 9.40 Å². The lowest BCUT2D eigenvalue weighted by Gasteiger charge is -2.33. The molecule has 1 saturated heterocycles. The molecule has 2 N–H and O–H groups in total. The van der Waals surface area contributed by atoms with E-state index in [1.54, 1.807) is 13.8 Å². The van der Waals surface area contributed by atoms with Gasteiger partial charge in [0.25, 0.3) is 0 Å². The van der Waals surface area contributed by atoms with Crippen LogP contribution in [0.1, 0.15) is 44.0 Å². The maximum atomic E-state index is 12.9. The van der Waals surface area contributed by atoms with E-state index in [4.69, 9.17) is 0 Å². The van der Waals surface area contributed by atoms with Crippen molar-refractivity contribution in [2.75, 3.05) is 6.54 Å². The van der Waals surface area contributed by atoms with Crippen LogP contribution in [-0.2, 0) is 14.8 Å². The highest BCUT2D eigenvalue weighted by Crippen LogP contribution is 2.39. The molecule has 8 heteroatoms. The molecule has 0 saturated carbocycles. The number of aliphatic carboxylic acids is 1. The van der Waals surface area contributed by atoms with Gasteiger partial charge in [-0.15, -0.1) is 0 Å². The van der Waals surface area contributed by atoms with E-state index in [2.05, 4.69) is 10.2 Å². The van der Waals surface area contributed by atoms with Crippen LogP contribution in [-0.4, -0.2) is 46.1 Å². The average molecular weight is 315 g/mol. The molecule has 7 nitrogen and oxygen atoms in total. The first-order valence-corrected chi connectivity index (χ1v) is 8.49. The Morgan fingerprint density at radius 3 is 2.62 bits per heavy atom. The summed E-state index contributed by atoms with van der Waals surface area (Å²) in [6.45, 7) is 5.33. The van der Waals surface area contributed by atoms with Crippen LogP contribution in [0.15, 0.2) is 4.90 Å². The zero-order valence-corrected chi connectivity index (χ0v) is 13.3. The summed E-state index contributed by atoms with van der Waals surface area (Å²) in [4.78, 5) is 11.9. The summed E-state index contributed by atoms with van der Waals surface area (Å²) in [6, 6.07) is 0. The number of rotatable bonds is 5. The number of carboxylic acids is 1. The van der Waals surface area contributed by atoms with E-state index in [1.807, 2.05) is 6.92 Å². The molecule has 1 aliphatic rings. The first kappa shape index (κ1) is 16.0. The van der Waals surface area contributed by atoms with Gasteiger partial charge < -0.3 is 5.11 Å². The maximum Gasteiger partial charge on any atom is 0.325 e. The van der Waals surface area contributed by atoms with Gasteiger partial charge in [0.1, 0.15) is 10.4 Å². The summed E-state index contributed by atoms with van der Waals surface area (Å²) in [7, 11) is -3.87. The average Bonchev–Trinajstić information content (AvgIpc) is 2.95. The van der Waals surface area contributed by atoms with E-state index in [9.17, 15) is 18.3 Å². The normalized spacial score (nSPS) is 23.6. The Hall–Kier alpha value is -1.41. The SMILES string of the molecule is CCCC1(C(=O)O)CCCN1S(=O)(=O)c1c(C)n[nH]c1C. The number of H-pyrrole nitrogens is 1. The molecule has 0 aliphatic carbocycles. The Bertz CT molecular complexity index is 633. The van der Waals surface area contributed by atoms with Gasteiger partial charge in [-0.1, -0.05) is 13.3 Å². The second-order valence-electron chi connectivity index (χ2n) is 5.53. The van der Waals surface area contributed by atoms with E-state index in [1.165, 1.54) is 0 Å². The fourth-order valence-corrected chi connectivity index (χ4v) is 5.38. The summed E-state index contributed by atoms with van der Waals surface area (Å²) in [5.74, 6) is -1.07. The number of nitrogens with one attached hydrogen (secondary N) is 1. The Labute approximate surface area is 124 Å². The highest BCUT2D eigenvalue weighted by Gasteiger charge is 2.53. The monoisotopic (exact) mass is 315 g/mol. The number of hydrogen-bond acceptors (Lipinski definition) is 4. The van der Waals surface area contributed by atoms with Crippen LogP contribution >= 0.6 is 0 Å². The lowest BCUT2D eigenvalue weighted by atomic mass is 9.92. The second-order valence-corrected chi connectivity index (χ2v) is 7.33. The largest absolute Gasteiger partial charge is 0.480 e. The maximum absolute atomic E-state index is 12.9. The molecule has 1 fully saturated rings. The number of aryl methyl sites for hydroxylation is 2. The molecule has 1 unspecified atom stereocenters. The third-order valence-corrected chi connectivity index (χ3v) is 6.33. The first-order valence-electron chi connectivity index (χ1n) is 7.05. The number of carboxylic acid groups (broad SMARTS) is 1. The van der Waals surface area contributed by atoms with Gasteiger partial charge in [-0.05, 0) is 33.1 Å². The van der Waals surface area contributed by atoms with Gasteiger partial charge in [-0.3, -0.25) is 9.89 Å². The molecule has 118 valence electrons. The van der Waals surface area contributed by atoms with E-state index >= 15 is 0 Å². The fourth-order valence-electron chi connectivity index (χ4n) is 3.22. The van der Waals surface area contributed by atoms with Crippen LogP contribution in [0.3, 0.4) is 0 Å². The number of aromatic amines is 1. The van der Waals surface area contributed by atoms with Crippen molar-refractivity contribution in [3.05, 3.63) is 11.4 Å². The van der Waals surface area contributed by atoms with Crippen molar-refractivity contribution in [1.82, 2.24) is 14.5 Å². The Morgan fingerprint density at radius 2 is 2.14 bits per heavy atom. The number of sulfonamides is 1. The zero-order valence-electron chi connectivity index (χ0n) is 12.5. The third kappa shape index (κ3) is 2.36. The van der Waals surface area contributed by atoms with Crippen molar-refractivity contribution in [3.8, 4) is 0 Å². The van der Waals surface area contributed by atoms with Crippen molar-refractivity contribution in [1.29, 1.82) is 0 Å². The predicted octanol–water partition coefficient (Wildman–Crippen LogP) is 1.43. The highest BCUT2D eigenvalue weighted by atomic mass is 32.2. The minimum absolute atomic E-state index is 0.103. The van der Waals surface area contributed by atoms with Crippen LogP contribution in [0, 0.1) is 13.8 Å². The topological polar surface area (TPSA) is 103 Å². The van der Waals surface area contributed by atoms with Crippen molar-refractivity contribution in [3.63, 3.8) is 0 Å². The number of aromatic nitrogens is 2. The lowest BCUT2D eigenvalue weighted by molar-refractivity contribution is -0.147. The molecule has 0 amide bonds. The third-order valence-electron chi connectivity index (χ3n) is 4.10. The molecule has 0 aromatic carbocycles. The molecule has 0 bridgehead atoms. The van der Waals surface area contributed by atoms with Crippen LogP contribution in [0.4, 0.5) is 0 Å². The molecule has 0 spiro atoms. The van der Waals surface area contributed by atoms with Crippen molar-refractivity contribution >= 4 is 16.0 Å². The number of carbonyl (C=O) groups is 1. The minimum atomic E-state index is -3.87. The van der Waals surface area contributed by atoms with Crippen LogP contribution in [0.25, 0.3) is 0 Å².